The van der Waals surface area contributed by atoms with Crippen molar-refractivity contribution in [2.75, 3.05) is 10.2 Å². The van der Waals surface area contributed by atoms with Crippen LogP contribution in [0.15, 0.2) is 48.9 Å². The molecule has 3 aromatic rings. The van der Waals surface area contributed by atoms with Gasteiger partial charge in [0.1, 0.15) is 17.6 Å². The monoisotopic (exact) mass is 342 g/mol. The molecule has 1 amide bonds. The first-order chi connectivity index (χ1) is 12.8. The molecule has 0 radical (unpaired) electrons. The zero-order chi connectivity index (χ0) is 17.0. The summed E-state index contributed by atoms with van der Waals surface area (Å²) in [6.45, 7) is 0. The first-order valence-corrected chi connectivity index (χ1v) is 8.88. The lowest BCUT2D eigenvalue weighted by atomic mass is 10.1. The van der Waals surface area contributed by atoms with Gasteiger partial charge in [0.05, 0.1) is 6.20 Å². The predicted molar refractivity (Wildman–Crippen MR) is 93.7 cm³/mol. The number of benzene rings is 1. The highest BCUT2D eigenvalue weighted by Crippen LogP contribution is 2.79. The Bertz CT molecular complexity index is 1080. The number of carbonyl (C=O) groups is 1. The van der Waals surface area contributed by atoms with Crippen molar-refractivity contribution in [1.82, 2.24) is 19.5 Å². The van der Waals surface area contributed by atoms with Gasteiger partial charge >= 0.3 is 0 Å². The molecule has 7 nitrogen and oxygen atoms in total. The van der Waals surface area contributed by atoms with Gasteiger partial charge in [-0.3, -0.25) is 9.36 Å². The van der Waals surface area contributed by atoms with E-state index in [0.29, 0.717) is 35.4 Å². The first-order valence-electron chi connectivity index (χ1n) is 8.88. The van der Waals surface area contributed by atoms with Gasteiger partial charge in [-0.2, -0.15) is 4.98 Å². The number of fused-ring (bicyclic) bond motifs is 1. The standard InChI is InChI=1S/C19H14N6O/c26-18-15-13-11-12(13)14(11)25(15)17-10(22-18)8-21-19(23-17)24-7-6-20-16(24)9-4-2-1-3-5-9/h1-8,11-15H,(H,22,26). The largest absolute Gasteiger partial charge is 0.339 e. The summed E-state index contributed by atoms with van der Waals surface area (Å²) in [6, 6.07) is 10.5. The maximum atomic E-state index is 12.4. The second-order valence-corrected chi connectivity index (χ2v) is 7.46. The van der Waals surface area contributed by atoms with Gasteiger partial charge in [0.25, 0.3) is 0 Å². The molecule has 5 heterocycles. The number of hydrogen-bond donors (Lipinski definition) is 1. The van der Waals surface area contributed by atoms with Crippen molar-refractivity contribution >= 4 is 17.4 Å². The van der Waals surface area contributed by atoms with E-state index < -0.39 is 0 Å². The molecule has 4 fully saturated rings. The number of rotatable bonds is 2. The topological polar surface area (TPSA) is 75.9 Å². The quantitative estimate of drug-likeness (QED) is 0.767. The summed E-state index contributed by atoms with van der Waals surface area (Å²) in [5, 5.41) is 2.99. The highest BCUT2D eigenvalue weighted by Gasteiger charge is 2.86. The van der Waals surface area contributed by atoms with E-state index in [1.807, 2.05) is 41.1 Å². The van der Waals surface area contributed by atoms with E-state index in [0.717, 1.165) is 17.2 Å². The van der Waals surface area contributed by atoms with Gasteiger partial charge in [-0.25, -0.2) is 9.97 Å². The zero-order valence-electron chi connectivity index (χ0n) is 13.6. The Labute approximate surface area is 148 Å². The molecule has 3 atom stereocenters. The van der Waals surface area contributed by atoms with Gasteiger partial charge in [-0.05, 0) is 17.8 Å². The van der Waals surface area contributed by atoms with Crippen LogP contribution in [-0.4, -0.2) is 37.5 Å². The first kappa shape index (κ1) is 13.0. The molecule has 2 aromatic heterocycles. The fraction of sp³-hybridized carbons (Fsp3) is 0.263. The minimum Gasteiger partial charge on any atom is -0.339 e. The zero-order valence-corrected chi connectivity index (χ0v) is 13.6. The minimum atomic E-state index is -0.0402. The van der Waals surface area contributed by atoms with Crippen molar-refractivity contribution < 1.29 is 4.79 Å². The average molecular weight is 342 g/mol. The highest BCUT2D eigenvalue weighted by atomic mass is 16.2. The molecule has 26 heavy (non-hydrogen) atoms. The van der Waals surface area contributed by atoms with Crippen LogP contribution in [0.1, 0.15) is 0 Å². The molecule has 2 saturated carbocycles. The molecule has 3 aliphatic heterocycles. The van der Waals surface area contributed by atoms with E-state index >= 15 is 0 Å². The van der Waals surface area contributed by atoms with Crippen molar-refractivity contribution in [3.05, 3.63) is 48.9 Å². The Morgan fingerprint density at radius 2 is 1.88 bits per heavy atom. The molecule has 1 N–H and O–H groups in total. The SMILES string of the molecule is O=C1Nc2cnc(-n3ccnc3-c3ccccc3)nc2N2C1C1C3C1C32. The molecular formula is C19H14N6O. The summed E-state index contributed by atoms with van der Waals surface area (Å²) < 4.78 is 1.90. The summed E-state index contributed by atoms with van der Waals surface area (Å²) in [5.74, 6) is 4.29. The van der Waals surface area contributed by atoms with Crippen LogP contribution in [0.2, 0.25) is 0 Å². The average Bonchev–Trinajstić information content (AvgIpc) is 3.37. The normalized spacial score (nSPS) is 31.8. The van der Waals surface area contributed by atoms with E-state index in [1.165, 1.54) is 0 Å². The number of amides is 1. The number of anilines is 2. The molecule has 2 aliphatic carbocycles. The van der Waals surface area contributed by atoms with E-state index in [2.05, 4.69) is 20.2 Å². The molecule has 126 valence electrons. The van der Waals surface area contributed by atoms with E-state index in [9.17, 15) is 4.79 Å². The van der Waals surface area contributed by atoms with Crippen LogP contribution in [0.25, 0.3) is 17.3 Å². The van der Waals surface area contributed by atoms with E-state index in [-0.39, 0.29) is 11.9 Å². The molecule has 1 aromatic carbocycles. The van der Waals surface area contributed by atoms with Gasteiger partial charge in [-0.1, -0.05) is 30.3 Å². The van der Waals surface area contributed by atoms with Gasteiger partial charge in [0.15, 0.2) is 5.82 Å². The van der Waals surface area contributed by atoms with Gasteiger partial charge in [0.2, 0.25) is 11.9 Å². The fourth-order valence-corrected chi connectivity index (χ4v) is 5.01. The van der Waals surface area contributed by atoms with Gasteiger partial charge < -0.3 is 10.2 Å². The number of nitrogens with zero attached hydrogens (tertiary/aromatic N) is 5. The van der Waals surface area contributed by atoms with Crippen molar-refractivity contribution in [3.8, 4) is 17.3 Å². The summed E-state index contributed by atoms with van der Waals surface area (Å²) in [7, 11) is 0. The van der Waals surface area contributed by atoms with Gasteiger partial charge in [-0.15, -0.1) is 0 Å². The second kappa shape index (κ2) is 4.12. The Morgan fingerprint density at radius 3 is 2.73 bits per heavy atom. The van der Waals surface area contributed by atoms with Crippen LogP contribution < -0.4 is 10.2 Å². The lowest BCUT2D eigenvalue weighted by Crippen LogP contribution is -2.45. The maximum absolute atomic E-state index is 12.4. The van der Waals surface area contributed by atoms with Crippen LogP contribution in [0.3, 0.4) is 0 Å². The van der Waals surface area contributed by atoms with Crippen LogP contribution in [0.5, 0.6) is 0 Å². The number of piperidine rings is 1. The Balaban J connectivity index is 1.36. The third-order valence-electron chi connectivity index (χ3n) is 6.24. The highest BCUT2D eigenvalue weighted by molar-refractivity contribution is 6.05. The predicted octanol–water partition coefficient (Wildman–Crippen LogP) is 1.71. The van der Waals surface area contributed by atoms with Crippen LogP contribution in [0, 0.1) is 17.8 Å². The number of aromatic nitrogens is 4. The Morgan fingerprint density at radius 1 is 1.04 bits per heavy atom. The number of carbonyl (C=O) groups excluding carboxylic acids is 1. The van der Waals surface area contributed by atoms with Crippen molar-refractivity contribution in [1.29, 1.82) is 0 Å². The Kier molecular flexibility index (Phi) is 2.07. The minimum absolute atomic E-state index is 0.0402. The third kappa shape index (κ3) is 1.42. The summed E-state index contributed by atoms with van der Waals surface area (Å²) in [6.07, 6.45) is 5.34. The smallest absolute Gasteiger partial charge is 0.247 e. The maximum Gasteiger partial charge on any atom is 0.247 e. The van der Waals surface area contributed by atoms with Crippen molar-refractivity contribution in [3.63, 3.8) is 0 Å². The number of hydrogen-bond acceptors (Lipinski definition) is 5. The fourth-order valence-electron chi connectivity index (χ4n) is 5.01. The molecule has 2 bridgehead atoms. The van der Waals surface area contributed by atoms with Crippen molar-refractivity contribution in [2.45, 2.75) is 12.1 Å². The lowest BCUT2D eigenvalue weighted by Gasteiger charge is -2.31. The van der Waals surface area contributed by atoms with Crippen LogP contribution in [0.4, 0.5) is 11.5 Å². The van der Waals surface area contributed by atoms with Crippen LogP contribution in [-0.2, 0) is 4.79 Å². The summed E-state index contributed by atoms with van der Waals surface area (Å²) in [4.78, 5) is 28.5. The third-order valence-corrected chi connectivity index (χ3v) is 6.24. The molecule has 5 aliphatic rings. The molecule has 3 unspecified atom stereocenters. The molecular weight excluding hydrogens is 328 g/mol. The molecule has 8 rings (SSSR count). The van der Waals surface area contributed by atoms with E-state index in [4.69, 9.17) is 4.98 Å². The van der Waals surface area contributed by atoms with Crippen molar-refractivity contribution in [2.24, 2.45) is 17.8 Å². The van der Waals surface area contributed by atoms with Crippen LogP contribution >= 0.6 is 0 Å². The molecule has 2 saturated heterocycles. The number of nitrogens with one attached hydrogen (secondary N) is 1. The number of imidazole rings is 1. The second-order valence-electron chi connectivity index (χ2n) is 7.46. The Hall–Kier alpha value is -3.22. The summed E-state index contributed by atoms with van der Waals surface area (Å²) >= 11 is 0. The summed E-state index contributed by atoms with van der Waals surface area (Å²) in [5.41, 5.74) is 1.72. The molecule has 0 spiro atoms. The lowest BCUT2D eigenvalue weighted by molar-refractivity contribution is -0.117. The van der Waals surface area contributed by atoms with E-state index in [1.54, 1.807) is 12.4 Å². The van der Waals surface area contributed by atoms with Gasteiger partial charge in [0, 0.05) is 24.0 Å². The molecule has 7 heteroatoms.